The first-order valence-electron chi connectivity index (χ1n) is 7.95. The lowest BCUT2D eigenvalue weighted by atomic mass is 10.2. The molecule has 7 heteroatoms. The first-order valence-corrected chi connectivity index (χ1v) is 8.94. The van der Waals surface area contributed by atoms with E-state index in [4.69, 9.17) is 10.5 Å². The number of hydrogen-bond donors (Lipinski definition) is 2. The summed E-state index contributed by atoms with van der Waals surface area (Å²) in [5, 5.41) is 2.62. The van der Waals surface area contributed by atoms with Crippen molar-refractivity contribution in [1.82, 2.24) is 0 Å². The molecule has 136 valence electrons. The SMILES string of the molecule is Cc1ccccc1SCC(=O)O[C@H](C)C(=O)Nc1ccc(C(N)=O)cc1. The molecule has 0 heterocycles. The van der Waals surface area contributed by atoms with Gasteiger partial charge in [-0.25, -0.2) is 0 Å². The van der Waals surface area contributed by atoms with Gasteiger partial charge in [0.2, 0.25) is 5.91 Å². The fourth-order valence-electron chi connectivity index (χ4n) is 2.10. The van der Waals surface area contributed by atoms with E-state index >= 15 is 0 Å². The molecule has 26 heavy (non-hydrogen) atoms. The number of anilines is 1. The number of aryl methyl sites for hydroxylation is 1. The molecule has 1 atom stereocenters. The summed E-state index contributed by atoms with van der Waals surface area (Å²) in [5.41, 5.74) is 7.07. The van der Waals surface area contributed by atoms with Crippen molar-refractivity contribution in [3.8, 4) is 0 Å². The quantitative estimate of drug-likeness (QED) is 0.575. The lowest BCUT2D eigenvalue weighted by molar-refractivity contribution is -0.150. The normalized spacial score (nSPS) is 11.5. The van der Waals surface area contributed by atoms with Crippen LogP contribution in [0.3, 0.4) is 0 Å². The summed E-state index contributed by atoms with van der Waals surface area (Å²) in [4.78, 5) is 36.1. The number of carbonyl (C=O) groups excluding carboxylic acids is 3. The van der Waals surface area contributed by atoms with Gasteiger partial charge in [-0.05, 0) is 49.7 Å². The van der Waals surface area contributed by atoms with Gasteiger partial charge in [-0.2, -0.15) is 0 Å². The Hall–Kier alpha value is -2.80. The number of hydrogen-bond acceptors (Lipinski definition) is 5. The first kappa shape index (κ1) is 19.5. The van der Waals surface area contributed by atoms with Crippen molar-refractivity contribution in [2.45, 2.75) is 24.8 Å². The average Bonchev–Trinajstić information content (AvgIpc) is 2.61. The van der Waals surface area contributed by atoms with Crippen molar-refractivity contribution < 1.29 is 19.1 Å². The summed E-state index contributed by atoms with van der Waals surface area (Å²) < 4.78 is 5.16. The van der Waals surface area contributed by atoms with Crippen LogP contribution < -0.4 is 11.1 Å². The molecule has 2 aromatic carbocycles. The third kappa shape index (κ3) is 5.63. The van der Waals surface area contributed by atoms with Crippen LogP contribution >= 0.6 is 11.8 Å². The number of amides is 2. The Balaban J connectivity index is 1.83. The molecular weight excluding hydrogens is 352 g/mol. The van der Waals surface area contributed by atoms with Crippen LogP contribution in [0, 0.1) is 6.92 Å². The highest BCUT2D eigenvalue weighted by molar-refractivity contribution is 8.00. The van der Waals surface area contributed by atoms with E-state index in [1.165, 1.54) is 30.8 Å². The monoisotopic (exact) mass is 372 g/mol. The minimum absolute atomic E-state index is 0.121. The number of benzene rings is 2. The molecule has 6 nitrogen and oxygen atoms in total. The summed E-state index contributed by atoms with van der Waals surface area (Å²) in [6, 6.07) is 13.9. The van der Waals surface area contributed by atoms with Crippen LogP contribution in [0.25, 0.3) is 0 Å². The summed E-state index contributed by atoms with van der Waals surface area (Å²) in [5.74, 6) is -1.34. The zero-order valence-corrected chi connectivity index (χ0v) is 15.3. The zero-order chi connectivity index (χ0) is 19.1. The van der Waals surface area contributed by atoms with Crippen LogP contribution in [0.15, 0.2) is 53.4 Å². The number of nitrogens with one attached hydrogen (secondary N) is 1. The van der Waals surface area contributed by atoms with Crippen LogP contribution in [0.4, 0.5) is 5.69 Å². The minimum atomic E-state index is -0.934. The highest BCUT2D eigenvalue weighted by atomic mass is 32.2. The molecule has 0 saturated heterocycles. The average molecular weight is 372 g/mol. The topological polar surface area (TPSA) is 98.5 Å². The van der Waals surface area contributed by atoms with Crippen LogP contribution in [-0.2, 0) is 14.3 Å². The van der Waals surface area contributed by atoms with Crippen LogP contribution in [0.1, 0.15) is 22.8 Å². The second-order valence-corrected chi connectivity index (χ2v) is 6.63. The molecule has 0 bridgehead atoms. The third-order valence-electron chi connectivity index (χ3n) is 3.55. The van der Waals surface area contributed by atoms with E-state index in [2.05, 4.69) is 5.32 Å². The molecule has 0 aliphatic rings. The molecule has 0 aliphatic heterocycles. The maximum absolute atomic E-state index is 12.1. The van der Waals surface area contributed by atoms with Gasteiger partial charge < -0.3 is 15.8 Å². The highest BCUT2D eigenvalue weighted by Gasteiger charge is 2.18. The molecule has 0 aromatic heterocycles. The smallest absolute Gasteiger partial charge is 0.317 e. The fourth-order valence-corrected chi connectivity index (χ4v) is 2.91. The second-order valence-electron chi connectivity index (χ2n) is 5.62. The molecule has 2 rings (SSSR count). The molecule has 0 saturated carbocycles. The fraction of sp³-hybridized carbons (Fsp3) is 0.211. The third-order valence-corrected chi connectivity index (χ3v) is 4.70. The number of thioether (sulfide) groups is 1. The van der Waals surface area contributed by atoms with Gasteiger partial charge >= 0.3 is 5.97 Å². The largest absolute Gasteiger partial charge is 0.452 e. The molecule has 0 fully saturated rings. The predicted octanol–water partition coefficient (Wildman–Crippen LogP) is 2.76. The van der Waals surface area contributed by atoms with E-state index in [1.807, 2.05) is 31.2 Å². The van der Waals surface area contributed by atoms with Gasteiger partial charge in [0.15, 0.2) is 6.10 Å². The number of ether oxygens (including phenoxy) is 1. The Morgan fingerprint density at radius 1 is 1.12 bits per heavy atom. The van der Waals surface area contributed by atoms with Crippen molar-refractivity contribution >= 4 is 35.2 Å². The van der Waals surface area contributed by atoms with Crippen molar-refractivity contribution in [1.29, 1.82) is 0 Å². The van der Waals surface area contributed by atoms with Gasteiger partial charge in [-0.1, -0.05) is 18.2 Å². The van der Waals surface area contributed by atoms with Crippen LogP contribution in [0.2, 0.25) is 0 Å². The van der Waals surface area contributed by atoms with E-state index in [1.54, 1.807) is 12.1 Å². The second kappa shape index (κ2) is 9.05. The highest BCUT2D eigenvalue weighted by Crippen LogP contribution is 2.22. The Kier molecular flexibility index (Phi) is 6.80. The number of nitrogens with two attached hydrogens (primary N) is 1. The molecule has 0 aliphatic carbocycles. The summed E-state index contributed by atoms with van der Waals surface area (Å²) in [6.07, 6.45) is -0.934. The zero-order valence-electron chi connectivity index (χ0n) is 14.5. The van der Waals surface area contributed by atoms with E-state index in [9.17, 15) is 14.4 Å². The lowest BCUT2D eigenvalue weighted by Gasteiger charge is -2.14. The lowest BCUT2D eigenvalue weighted by Crippen LogP contribution is -2.30. The molecule has 0 spiro atoms. The van der Waals surface area contributed by atoms with Gasteiger partial charge in [-0.3, -0.25) is 14.4 Å². The van der Waals surface area contributed by atoms with Crippen molar-refractivity contribution in [3.05, 3.63) is 59.7 Å². The Morgan fingerprint density at radius 2 is 1.77 bits per heavy atom. The summed E-state index contributed by atoms with van der Waals surface area (Å²) >= 11 is 1.37. The Bertz CT molecular complexity index is 805. The van der Waals surface area contributed by atoms with E-state index in [-0.39, 0.29) is 5.75 Å². The Labute approximate surface area is 156 Å². The molecule has 3 N–H and O–H groups in total. The van der Waals surface area contributed by atoms with Crippen molar-refractivity contribution in [2.24, 2.45) is 5.73 Å². The van der Waals surface area contributed by atoms with Gasteiger partial charge in [0, 0.05) is 16.1 Å². The minimum Gasteiger partial charge on any atom is -0.452 e. The maximum Gasteiger partial charge on any atom is 0.317 e. The van der Waals surface area contributed by atoms with E-state index < -0.39 is 23.9 Å². The molecule has 0 unspecified atom stereocenters. The number of esters is 1. The van der Waals surface area contributed by atoms with Gasteiger partial charge in [0.1, 0.15) is 0 Å². The number of primary amides is 1. The molecule has 0 radical (unpaired) electrons. The number of rotatable bonds is 7. The molecular formula is C19H20N2O4S. The van der Waals surface area contributed by atoms with Crippen LogP contribution in [0.5, 0.6) is 0 Å². The number of carbonyl (C=O) groups is 3. The molecule has 2 aromatic rings. The van der Waals surface area contributed by atoms with E-state index in [0.717, 1.165) is 10.5 Å². The van der Waals surface area contributed by atoms with Gasteiger partial charge in [-0.15, -0.1) is 11.8 Å². The predicted molar refractivity (Wildman–Crippen MR) is 101 cm³/mol. The maximum atomic E-state index is 12.1. The summed E-state index contributed by atoms with van der Waals surface area (Å²) in [6.45, 7) is 3.47. The van der Waals surface area contributed by atoms with E-state index in [0.29, 0.717) is 11.3 Å². The first-order chi connectivity index (χ1) is 12.4. The van der Waals surface area contributed by atoms with Gasteiger partial charge in [0.05, 0.1) is 5.75 Å². The van der Waals surface area contributed by atoms with Crippen molar-refractivity contribution in [2.75, 3.05) is 11.1 Å². The van der Waals surface area contributed by atoms with Gasteiger partial charge in [0.25, 0.3) is 5.91 Å². The standard InChI is InChI=1S/C19H20N2O4S/c1-12-5-3-4-6-16(12)26-11-17(22)25-13(2)19(24)21-15-9-7-14(8-10-15)18(20)23/h3-10,13H,11H2,1-2H3,(H2,20,23)(H,21,24)/t13-/m1/s1. The Morgan fingerprint density at radius 3 is 2.38 bits per heavy atom. The summed E-state index contributed by atoms with van der Waals surface area (Å²) in [7, 11) is 0. The molecule has 2 amide bonds. The van der Waals surface area contributed by atoms with Crippen LogP contribution in [-0.4, -0.2) is 29.6 Å². The van der Waals surface area contributed by atoms with Crippen molar-refractivity contribution in [3.63, 3.8) is 0 Å².